The highest BCUT2D eigenvalue weighted by Gasteiger charge is 2.21. The molecule has 80 valence electrons. The number of rotatable bonds is 2. The van der Waals surface area contributed by atoms with Crippen LogP contribution < -0.4 is 0 Å². The van der Waals surface area contributed by atoms with Crippen molar-refractivity contribution in [3.63, 3.8) is 0 Å². The van der Waals surface area contributed by atoms with E-state index in [0.29, 0.717) is 16.0 Å². The summed E-state index contributed by atoms with van der Waals surface area (Å²) in [6.07, 6.45) is 0.850. The molecule has 0 amide bonds. The fraction of sp³-hybridized carbons (Fsp3) is 0.375. The third-order valence-corrected chi connectivity index (χ3v) is 2.79. The molecule has 0 fully saturated rings. The molecule has 0 bridgehead atoms. The first kappa shape index (κ1) is 10.3. The first-order valence-corrected chi connectivity index (χ1v) is 5.11. The monoisotopic (exact) mass is 271 g/mol. The van der Waals surface area contributed by atoms with Crippen LogP contribution in [-0.2, 0) is 14.1 Å². The van der Waals surface area contributed by atoms with Crippen molar-refractivity contribution < 1.29 is 5.11 Å². The molecule has 0 radical (unpaired) electrons. The minimum atomic E-state index is -0.785. The number of aromatic nitrogens is 5. The average molecular weight is 272 g/mol. The van der Waals surface area contributed by atoms with E-state index in [0.717, 1.165) is 0 Å². The molecule has 0 aliphatic rings. The first-order chi connectivity index (χ1) is 7.11. The number of hydrogen-bond donors (Lipinski definition) is 1. The molecule has 0 aliphatic carbocycles. The van der Waals surface area contributed by atoms with Gasteiger partial charge in [0.15, 0.2) is 4.60 Å². The Bertz CT molecular complexity index is 458. The van der Waals surface area contributed by atoms with Gasteiger partial charge >= 0.3 is 0 Å². The van der Waals surface area contributed by atoms with Crippen LogP contribution in [0.4, 0.5) is 0 Å². The van der Waals surface area contributed by atoms with Crippen LogP contribution in [0.5, 0.6) is 0 Å². The molecular weight excluding hydrogens is 262 g/mol. The summed E-state index contributed by atoms with van der Waals surface area (Å²) < 4.78 is 3.69. The number of aliphatic hydroxyl groups excluding tert-OH is 1. The zero-order valence-corrected chi connectivity index (χ0v) is 9.88. The molecule has 0 aliphatic heterocycles. The predicted octanol–water partition coefficient (Wildman–Crippen LogP) is 0.393. The first-order valence-electron chi connectivity index (χ1n) is 4.32. The van der Waals surface area contributed by atoms with E-state index >= 15 is 0 Å². The van der Waals surface area contributed by atoms with Crippen LogP contribution in [0.3, 0.4) is 0 Å². The maximum absolute atomic E-state index is 10.1. The standard InChI is InChI=1S/C8H10BrN5O/c1-13-5(3-4-10-13)7(15)6-8(9)11-12-14(6)2/h3-4,7,15H,1-2H3. The van der Waals surface area contributed by atoms with Gasteiger partial charge in [-0.15, -0.1) is 5.10 Å². The normalized spacial score (nSPS) is 13.1. The third-order valence-electron chi connectivity index (χ3n) is 2.22. The summed E-state index contributed by atoms with van der Waals surface area (Å²) in [5.41, 5.74) is 1.31. The Labute approximate surface area is 94.6 Å². The molecule has 7 heteroatoms. The van der Waals surface area contributed by atoms with E-state index in [9.17, 15) is 5.11 Å². The number of halogens is 1. The van der Waals surface area contributed by atoms with Gasteiger partial charge in [0.05, 0.1) is 5.69 Å². The van der Waals surface area contributed by atoms with Gasteiger partial charge in [0.2, 0.25) is 0 Å². The summed E-state index contributed by atoms with van der Waals surface area (Å²) in [6.45, 7) is 0. The van der Waals surface area contributed by atoms with Crippen LogP contribution in [0, 0.1) is 0 Å². The van der Waals surface area contributed by atoms with Crippen LogP contribution in [0.1, 0.15) is 17.5 Å². The Morgan fingerprint density at radius 2 is 2.13 bits per heavy atom. The fourth-order valence-corrected chi connectivity index (χ4v) is 1.97. The van der Waals surface area contributed by atoms with E-state index in [1.807, 2.05) is 0 Å². The smallest absolute Gasteiger partial charge is 0.154 e. The molecule has 6 nitrogen and oxygen atoms in total. The predicted molar refractivity (Wildman–Crippen MR) is 56.0 cm³/mol. The van der Waals surface area contributed by atoms with Crippen molar-refractivity contribution in [3.8, 4) is 0 Å². The lowest BCUT2D eigenvalue weighted by Gasteiger charge is -2.10. The molecule has 2 heterocycles. The summed E-state index contributed by atoms with van der Waals surface area (Å²) in [5.74, 6) is 0. The van der Waals surface area contributed by atoms with Crippen molar-refractivity contribution in [1.29, 1.82) is 0 Å². The second-order valence-corrected chi connectivity index (χ2v) is 3.92. The van der Waals surface area contributed by atoms with Crippen LogP contribution in [0.25, 0.3) is 0 Å². The highest BCUT2D eigenvalue weighted by molar-refractivity contribution is 9.10. The van der Waals surface area contributed by atoms with Crippen molar-refractivity contribution >= 4 is 15.9 Å². The third kappa shape index (κ3) is 1.68. The molecule has 0 aromatic carbocycles. The highest BCUT2D eigenvalue weighted by atomic mass is 79.9. The number of aliphatic hydroxyl groups is 1. The molecule has 2 aromatic heterocycles. The van der Waals surface area contributed by atoms with E-state index in [-0.39, 0.29) is 0 Å². The summed E-state index contributed by atoms with van der Waals surface area (Å²) in [6, 6.07) is 1.75. The van der Waals surface area contributed by atoms with Gasteiger partial charge in [-0.3, -0.25) is 4.68 Å². The molecule has 0 saturated heterocycles. The van der Waals surface area contributed by atoms with Crippen molar-refractivity contribution in [2.24, 2.45) is 14.1 Å². The Hall–Kier alpha value is -1.21. The van der Waals surface area contributed by atoms with Gasteiger partial charge in [0.25, 0.3) is 0 Å². The van der Waals surface area contributed by atoms with Gasteiger partial charge in [-0.25, -0.2) is 4.68 Å². The minimum absolute atomic E-state index is 0.540. The average Bonchev–Trinajstić information content (AvgIpc) is 2.73. The molecule has 2 aromatic rings. The lowest BCUT2D eigenvalue weighted by molar-refractivity contribution is 0.199. The van der Waals surface area contributed by atoms with Crippen molar-refractivity contribution in [1.82, 2.24) is 24.8 Å². The van der Waals surface area contributed by atoms with E-state index in [1.54, 1.807) is 31.0 Å². The second-order valence-electron chi connectivity index (χ2n) is 3.17. The van der Waals surface area contributed by atoms with Crippen LogP contribution in [0.2, 0.25) is 0 Å². The van der Waals surface area contributed by atoms with Crippen molar-refractivity contribution in [2.75, 3.05) is 0 Å². The SMILES string of the molecule is Cn1nccc1C(O)c1c(Br)nnn1C. The topological polar surface area (TPSA) is 68.8 Å². The van der Waals surface area contributed by atoms with Crippen LogP contribution in [0.15, 0.2) is 16.9 Å². The molecule has 1 N–H and O–H groups in total. The van der Waals surface area contributed by atoms with Gasteiger partial charge in [-0.2, -0.15) is 5.10 Å². The summed E-state index contributed by atoms with van der Waals surface area (Å²) in [5, 5.41) is 21.7. The summed E-state index contributed by atoms with van der Waals surface area (Å²) in [7, 11) is 3.50. The Balaban J connectivity index is 2.45. The summed E-state index contributed by atoms with van der Waals surface area (Å²) >= 11 is 3.24. The van der Waals surface area contributed by atoms with Gasteiger partial charge in [0.1, 0.15) is 11.8 Å². The van der Waals surface area contributed by atoms with Gasteiger partial charge < -0.3 is 5.11 Å². The molecule has 1 unspecified atom stereocenters. The van der Waals surface area contributed by atoms with E-state index in [4.69, 9.17) is 0 Å². The molecular formula is C8H10BrN5O. The lowest BCUT2D eigenvalue weighted by Crippen LogP contribution is -2.11. The number of nitrogens with zero attached hydrogens (tertiary/aromatic N) is 5. The Kier molecular flexibility index (Phi) is 2.57. The van der Waals surface area contributed by atoms with E-state index in [1.165, 1.54) is 4.68 Å². The molecule has 2 rings (SSSR count). The molecule has 1 atom stereocenters. The molecule has 0 saturated carbocycles. The van der Waals surface area contributed by atoms with Gasteiger partial charge in [-0.1, -0.05) is 5.21 Å². The zero-order valence-electron chi connectivity index (χ0n) is 8.29. The van der Waals surface area contributed by atoms with E-state index < -0.39 is 6.10 Å². The largest absolute Gasteiger partial charge is 0.380 e. The second kappa shape index (κ2) is 3.74. The summed E-state index contributed by atoms with van der Waals surface area (Å²) in [4.78, 5) is 0. The molecule has 15 heavy (non-hydrogen) atoms. The Morgan fingerprint density at radius 3 is 2.60 bits per heavy atom. The van der Waals surface area contributed by atoms with Crippen molar-refractivity contribution in [2.45, 2.75) is 6.10 Å². The fourth-order valence-electron chi connectivity index (χ4n) is 1.42. The van der Waals surface area contributed by atoms with Crippen LogP contribution >= 0.6 is 15.9 Å². The van der Waals surface area contributed by atoms with Crippen molar-refractivity contribution in [3.05, 3.63) is 28.3 Å². The maximum atomic E-state index is 10.1. The number of aryl methyl sites for hydroxylation is 2. The Morgan fingerprint density at radius 1 is 1.40 bits per heavy atom. The number of hydrogen-bond acceptors (Lipinski definition) is 4. The zero-order chi connectivity index (χ0) is 11.0. The van der Waals surface area contributed by atoms with Gasteiger partial charge in [-0.05, 0) is 22.0 Å². The molecule has 0 spiro atoms. The lowest BCUT2D eigenvalue weighted by atomic mass is 10.2. The maximum Gasteiger partial charge on any atom is 0.154 e. The quantitative estimate of drug-likeness (QED) is 0.858. The highest BCUT2D eigenvalue weighted by Crippen LogP contribution is 2.25. The van der Waals surface area contributed by atoms with E-state index in [2.05, 4.69) is 31.3 Å². The minimum Gasteiger partial charge on any atom is -0.380 e. The van der Waals surface area contributed by atoms with Gasteiger partial charge in [0, 0.05) is 20.3 Å². The van der Waals surface area contributed by atoms with Crippen LogP contribution in [-0.4, -0.2) is 29.9 Å².